The molecule has 0 fully saturated rings. The first-order chi connectivity index (χ1) is 13.6. The normalized spacial score (nSPS) is 15.6. The van der Waals surface area contributed by atoms with Crippen molar-refractivity contribution < 1.29 is 4.79 Å². The van der Waals surface area contributed by atoms with E-state index < -0.39 is 0 Å². The number of carbonyl (C=O) groups is 1. The standard InChI is InChI=1S/C22H37N5O/c1-5-23-22(24-14-12-21(28)26(6-2)7-3)25-16-18(4)27-15-13-19-10-8-9-11-20(19)17-27/h8-11,18H,5-7,12-17H2,1-4H3,(H2,23,24,25). The number of amides is 1. The van der Waals surface area contributed by atoms with Crippen LogP contribution in [0.5, 0.6) is 0 Å². The predicted molar refractivity (Wildman–Crippen MR) is 117 cm³/mol. The summed E-state index contributed by atoms with van der Waals surface area (Å²) in [6, 6.07) is 9.10. The van der Waals surface area contributed by atoms with Gasteiger partial charge in [-0.25, -0.2) is 0 Å². The van der Waals surface area contributed by atoms with E-state index in [1.807, 2.05) is 18.7 Å². The molecule has 6 heteroatoms. The first kappa shape index (κ1) is 22.2. The molecule has 1 unspecified atom stereocenters. The average Bonchev–Trinajstić information content (AvgIpc) is 2.72. The fourth-order valence-corrected chi connectivity index (χ4v) is 3.60. The molecule has 0 radical (unpaired) electrons. The summed E-state index contributed by atoms with van der Waals surface area (Å²) in [5.41, 5.74) is 2.91. The summed E-state index contributed by atoms with van der Waals surface area (Å²) >= 11 is 0. The Bertz CT molecular complexity index is 642. The van der Waals surface area contributed by atoms with E-state index in [2.05, 4.69) is 53.6 Å². The van der Waals surface area contributed by atoms with Crippen LogP contribution in [0.1, 0.15) is 45.2 Å². The van der Waals surface area contributed by atoms with Crippen LogP contribution in [0.25, 0.3) is 0 Å². The highest BCUT2D eigenvalue weighted by Crippen LogP contribution is 2.20. The van der Waals surface area contributed by atoms with Gasteiger partial charge in [-0.15, -0.1) is 0 Å². The van der Waals surface area contributed by atoms with Crippen molar-refractivity contribution in [1.82, 2.24) is 20.4 Å². The maximum absolute atomic E-state index is 12.1. The van der Waals surface area contributed by atoms with Crippen molar-refractivity contribution >= 4 is 11.9 Å². The molecule has 1 heterocycles. The van der Waals surface area contributed by atoms with Gasteiger partial charge in [0.15, 0.2) is 5.96 Å². The van der Waals surface area contributed by atoms with E-state index >= 15 is 0 Å². The molecule has 1 aliphatic rings. The Morgan fingerprint density at radius 2 is 1.89 bits per heavy atom. The topological polar surface area (TPSA) is 60.0 Å². The van der Waals surface area contributed by atoms with Gasteiger partial charge in [0.1, 0.15) is 0 Å². The predicted octanol–water partition coefficient (Wildman–Crippen LogP) is 2.25. The number of hydrogen-bond acceptors (Lipinski definition) is 3. The maximum atomic E-state index is 12.1. The minimum absolute atomic E-state index is 0.189. The van der Waals surface area contributed by atoms with Gasteiger partial charge in [0.25, 0.3) is 0 Å². The zero-order valence-electron chi connectivity index (χ0n) is 18.0. The Kier molecular flexibility index (Phi) is 9.28. The van der Waals surface area contributed by atoms with E-state index in [0.29, 0.717) is 19.0 Å². The average molecular weight is 388 g/mol. The molecule has 1 amide bonds. The second-order valence-electron chi connectivity index (χ2n) is 7.30. The van der Waals surface area contributed by atoms with Crippen LogP contribution in [-0.2, 0) is 17.8 Å². The smallest absolute Gasteiger partial charge is 0.224 e. The molecule has 0 saturated carbocycles. The van der Waals surface area contributed by atoms with E-state index in [4.69, 9.17) is 4.99 Å². The maximum Gasteiger partial charge on any atom is 0.224 e. The van der Waals surface area contributed by atoms with Crippen LogP contribution in [0.15, 0.2) is 29.3 Å². The summed E-state index contributed by atoms with van der Waals surface area (Å²) in [4.78, 5) is 21.3. The fraction of sp³-hybridized carbons (Fsp3) is 0.636. The number of fused-ring (bicyclic) bond motifs is 1. The van der Waals surface area contributed by atoms with E-state index in [9.17, 15) is 4.79 Å². The molecule has 0 spiro atoms. The summed E-state index contributed by atoms with van der Waals surface area (Å²) < 4.78 is 0. The Balaban J connectivity index is 1.83. The molecule has 156 valence electrons. The van der Waals surface area contributed by atoms with Crippen LogP contribution < -0.4 is 10.6 Å². The Morgan fingerprint density at radius 3 is 2.57 bits per heavy atom. The van der Waals surface area contributed by atoms with Crippen molar-refractivity contribution in [1.29, 1.82) is 0 Å². The third kappa shape index (κ3) is 6.51. The highest BCUT2D eigenvalue weighted by molar-refractivity contribution is 5.81. The Hall–Kier alpha value is -2.08. The second-order valence-corrected chi connectivity index (χ2v) is 7.30. The van der Waals surface area contributed by atoms with Crippen molar-refractivity contribution in [2.75, 3.05) is 39.3 Å². The van der Waals surface area contributed by atoms with Gasteiger partial charge in [0.2, 0.25) is 5.91 Å². The quantitative estimate of drug-likeness (QED) is 0.504. The zero-order valence-corrected chi connectivity index (χ0v) is 18.0. The fourth-order valence-electron chi connectivity index (χ4n) is 3.60. The first-order valence-electron chi connectivity index (χ1n) is 10.7. The van der Waals surface area contributed by atoms with Gasteiger partial charge in [0.05, 0.1) is 6.54 Å². The van der Waals surface area contributed by atoms with Crippen LogP contribution in [0.4, 0.5) is 0 Å². The van der Waals surface area contributed by atoms with Gasteiger partial charge >= 0.3 is 0 Å². The van der Waals surface area contributed by atoms with Crippen LogP contribution in [0.2, 0.25) is 0 Å². The number of benzene rings is 1. The summed E-state index contributed by atoms with van der Waals surface area (Å²) in [5, 5.41) is 6.58. The van der Waals surface area contributed by atoms with E-state index in [-0.39, 0.29) is 5.91 Å². The van der Waals surface area contributed by atoms with Crippen molar-refractivity contribution in [3.63, 3.8) is 0 Å². The summed E-state index contributed by atoms with van der Waals surface area (Å²) in [7, 11) is 0. The lowest BCUT2D eigenvalue weighted by atomic mass is 9.99. The molecule has 0 aromatic heterocycles. The number of hydrogen-bond donors (Lipinski definition) is 2. The van der Waals surface area contributed by atoms with Gasteiger partial charge in [-0.05, 0) is 45.2 Å². The van der Waals surface area contributed by atoms with Gasteiger partial charge in [-0.2, -0.15) is 0 Å². The third-order valence-electron chi connectivity index (χ3n) is 5.39. The number of nitrogens with one attached hydrogen (secondary N) is 2. The molecular weight excluding hydrogens is 350 g/mol. The summed E-state index contributed by atoms with van der Waals surface area (Å²) in [6.07, 6.45) is 1.60. The first-order valence-corrected chi connectivity index (χ1v) is 10.7. The van der Waals surface area contributed by atoms with Crippen LogP contribution in [0.3, 0.4) is 0 Å². The highest BCUT2D eigenvalue weighted by atomic mass is 16.2. The van der Waals surface area contributed by atoms with E-state index in [1.165, 1.54) is 11.1 Å². The van der Waals surface area contributed by atoms with E-state index in [1.54, 1.807) is 0 Å². The van der Waals surface area contributed by atoms with Gasteiger partial charge in [-0.1, -0.05) is 24.3 Å². The third-order valence-corrected chi connectivity index (χ3v) is 5.39. The SMILES string of the molecule is CCNC(=NCC(C)N1CCc2ccccc2C1)NCCC(=O)N(CC)CC. The van der Waals surface area contributed by atoms with Gasteiger partial charge in [-0.3, -0.25) is 14.7 Å². The molecule has 1 aliphatic heterocycles. The summed E-state index contributed by atoms with van der Waals surface area (Å²) in [5.74, 6) is 0.979. The molecule has 1 atom stereocenters. The Labute approximate surface area is 170 Å². The number of aliphatic imine (C=N–C) groups is 1. The molecule has 6 nitrogen and oxygen atoms in total. The minimum Gasteiger partial charge on any atom is -0.357 e. The Morgan fingerprint density at radius 1 is 1.18 bits per heavy atom. The number of nitrogens with zero attached hydrogens (tertiary/aromatic N) is 3. The minimum atomic E-state index is 0.189. The number of carbonyl (C=O) groups excluding carboxylic acids is 1. The van der Waals surface area contributed by atoms with E-state index in [0.717, 1.165) is 51.6 Å². The van der Waals surface area contributed by atoms with Crippen molar-refractivity contribution in [3.05, 3.63) is 35.4 Å². The zero-order chi connectivity index (χ0) is 20.4. The van der Waals surface area contributed by atoms with Crippen LogP contribution in [-0.4, -0.2) is 67.0 Å². The summed E-state index contributed by atoms with van der Waals surface area (Å²) in [6.45, 7) is 14.1. The highest BCUT2D eigenvalue weighted by Gasteiger charge is 2.20. The molecule has 28 heavy (non-hydrogen) atoms. The molecular formula is C22H37N5O. The van der Waals surface area contributed by atoms with Gasteiger partial charge < -0.3 is 15.5 Å². The second kappa shape index (κ2) is 11.7. The largest absolute Gasteiger partial charge is 0.357 e. The monoisotopic (exact) mass is 387 g/mol. The van der Waals surface area contributed by atoms with Crippen molar-refractivity contribution in [3.8, 4) is 0 Å². The lowest BCUT2D eigenvalue weighted by Gasteiger charge is -2.33. The van der Waals surface area contributed by atoms with Crippen molar-refractivity contribution in [2.45, 2.75) is 53.1 Å². The molecule has 2 rings (SSSR count). The number of rotatable bonds is 9. The molecule has 1 aromatic rings. The molecule has 0 saturated heterocycles. The molecule has 1 aromatic carbocycles. The number of guanidine groups is 1. The lowest BCUT2D eigenvalue weighted by molar-refractivity contribution is -0.130. The van der Waals surface area contributed by atoms with Crippen LogP contribution >= 0.6 is 0 Å². The van der Waals surface area contributed by atoms with Crippen molar-refractivity contribution in [2.24, 2.45) is 4.99 Å². The van der Waals surface area contributed by atoms with Crippen LogP contribution in [0, 0.1) is 0 Å². The lowest BCUT2D eigenvalue weighted by Crippen LogP contribution is -2.42. The molecule has 2 N–H and O–H groups in total. The molecule has 0 aliphatic carbocycles. The van der Waals surface area contributed by atoms with Gasteiger partial charge in [0, 0.05) is 51.7 Å². The molecule has 0 bridgehead atoms.